The molecule has 0 aliphatic carbocycles. The average Bonchev–Trinajstić information content (AvgIpc) is 3.09. The fourth-order valence-corrected chi connectivity index (χ4v) is 4.86. The molecule has 0 bridgehead atoms. The molecular weight excluding hydrogens is 437 g/mol. The maximum atomic E-state index is 13.0. The third kappa shape index (κ3) is 6.04. The SMILES string of the molecule is CC(Oc1ccc(F)cc1)C(=O)NNC(=O)c1cccc(S(=O)(=O)N2CCCCCC2)c1. The smallest absolute Gasteiger partial charge is 0.279 e. The molecule has 1 aliphatic heterocycles. The molecule has 32 heavy (non-hydrogen) atoms. The van der Waals surface area contributed by atoms with E-state index >= 15 is 0 Å². The Hall–Kier alpha value is -2.98. The van der Waals surface area contributed by atoms with E-state index in [4.69, 9.17) is 4.74 Å². The highest BCUT2D eigenvalue weighted by molar-refractivity contribution is 7.89. The van der Waals surface area contributed by atoms with Crippen LogP contribution < -0.4 is 15.6 Å². The summed E-state index contributed by atoms with van der Waals surface area (Å²) in [4.78, 5) is 24.7. The molecular formula is C22H26FN3O5S. The van der Waals surface area contributed by atoms with Crippen LogP contribution in [-0.2, 0) is 14.8 Å². The predicted molar refractivity (Wildman–Crippen MR) is 116 cm³/mol. The molecule has 8 nitrogen and oxygen atoms in total. The Morgan fingerprint density at radius 3 is 2.31 bits per heavy atom. The second kappa shape index (κ2) is 10.6. The number of sulfonamides is 1. The molecule has 2 aromatic carbocycles. The van der Waals surface area contributed by atoms with Gasteiger partial charge in [0.05, 0.1) is 4.90 Å². The first kappa shape index (κ1) is 23.7. The topological polar surface area (TPSA) is 105 Å². The van der Waals surface area contributed by atoms with Crippen molar-refractivity contribution in [1.82, 2.24) is 15.2 Å². The van der Waals surface area contributed by atoms with Gasteiger partial charge < -0.3 is 4.74 Å². The highest BCUT2D eigenvalue weighted by atomic mass is 32.2. The van der Waals surface area contributed by atoms with E-state index in [0.717, 1.165) is 25.7 Å². The molecule has 10 heteroatoms. The number of hydrazine groups is 1. The summed E-state index contributed by atoms with van der Waals surface area (Å²) in [5.41, 5.74) is 4.59. The van der Waals surface area contributed by atoms with E-state index < -0.39 is 33.8 Å². The van der Waals surface area contributed by atoms with Gasteiger partial charge in [0.1, 0.15) is 11.6 Å². The summed E-state index contributed by atoms with van der Waals surface area (Å²) in [7, 11) is -3.70. The molecule has 0 saturated carbocycles. The zero-order chi connectivity index (χ0) is 23.1. The van der Waals surface area contributed by atoms with Gasteiger partial charge in [0, 0.05) is 18.7 Å². The largest absolute Gasteiger partial charge is 0.481 e. The summed E-state index contributed by atoms with van der Waals surface area (Å²) in [6.45, 7) is 2.39. The lowest BCUT2D eigenvalue weighted by Crippen LogP contribution is -2.47. The highest BCUT2D eigenvalue weighted by Crippen LogP contribution is 2.21. The Morgan fingerprint density at radius 2 is 1.66 bits per heavy atom. The maximum absolute atomic E-state index is 13.0. The molecule has 1 aliphatic rings. The molecule has 2 N–H and O–H groups in total. The van der Waals surface area contributed by atoms with Crippen molar-refractivity contribution in [2.75, 3.05) is 13.1 Å². The summed E-state index contributed by atoms with van der Waals surface area (Å²) in [5.74, 6) is -1.43. The van der Waals surface area contributed by atoms with E-state index in [1.165, 1.54) is 59.8 Å². The molecule has 1 saturated heterocycles. The van der Waals surface area contributed by atoms with Crippen molar-refractivity contribution in [3.63, 3.8) is 0 Å². The number of halogens is 1. The van der Waals surface area contributed by atoms with Crippen LogP contribution in [-0.4, -0.2) is 43.7 Å². The second-order valence-electron chi connectivity index (χ2n) is 7.50. The lowest BCUT2D eigenvalue weighted by atomic mass is 10.2. The Balaban J connectivity index is 1.60. The second-order valence-corrected chi connectivity index (χ2v) is 9.44. The minimum atomic E-state index is -3.70. The number of rotatable bonds is 6. The maximum Gasteiger partial charge on any atom is 0.279 e. The van der Waals surface area contributed by atoms with Crippen LogP contribution in [0.15, 0.2) is 53.4 Å². The lowest BCUT2D eigenvalue weighted by Gasteiger charge is -2.20. The number of carbonyl (C=O) groups is 2. The molecule has 2 amide bonds. The number of nitrogens with one attached hydrogen (secondary N) is 2. The van der Waals surface area contributed by atoms with Gasteiger partial charge in [-0.05, 0) is 62.2 Å². The summed E-state index contributed by atoms with van der Waals surface area (Å²) in [6, 6.07) is 10.9. The molecule has 3 rings (SSSR count). The lowest BCUT2D eigenvalue weighted by molar-refractivity contribution is -0.128. The molecule has 172 valence electrons. The van der Waals surface area contributed by atoms with E-state index in [9.17, 15) is 22.4 Å². The number of amides is 2. The summed E-state index contributed by atoms with van der Waals surface area (Å²) >= 11 is 0. The summed E-state index contributed by atoms with van der Waals surface area (Å²) < 4.78 is 45.7. The molecule has 0 aromatic heterocycles. The number of hydrogen-bond acceptors (Lipinski definition) is 5. The molecule has 1 unspecified atom stereocenters. The first-order valence-electron chi connectivity index (χ1n) is 10.4. The van der Waals surface area contributed by atoms with Gasteiger partial charge in [0.15, 0.2) is 6.10 Å². The van der Waals surface area contributed by atoms with Crippen LogP contribution in [0.25, 0.3) is 0 Å². The molecule has 1 atom stereocenters. The molecule has 0 spiro atoms. The average molecular weight is 464 g/mol. The van der Waals surface area contributed by atoms with Gasteiger partial charge in [-0.1, -0.05) is 18.9 Å². The van der Waals surface area contributed by atoms with E-state index in [0.29, 0.717) is 18.8 Å². The first-order chi connectivity index (χ1) is 15.3. The number of nitrogens with zero attached hydrogens (tertiary/aromatic N) is 1. The number of ether oxygens (including phenoxy) is 1. The van der Waals surface area contributed by atoms with Gasteiger partial charge in [0.25, 0.3) is 11.8 Å². The Morgan fingerprint density at radius 1 is 1.00 bits per heavy atom. The molecule has 0 radical (unpaired) electrons. The normalized spacial score (nSPS) is 15.9. The van der Waals surface area contributed by atoms with Gasteiger partial charge in [-0.2, -0.15) is 4.31 Å². The zero-order valence-corrected chi connectivity index (χ0v) is 18.5. The highest BCUT2D eigenvalue weighted by Gasteiger charge is 2.26. The Bertz CT molecular complexity index is 1050. The number of benzene rings is 2. The van der Waals surface area contributed by atoms with Gasteiger partial charge in [-0.3, -0.25) is 20.4 Å². The Labute approximate surface area is 186 Å². The Kier molecular flexibility index (Phi) is 7.81. The zero-order valence-electron chi connectivity index (χ0n) is 17.7. The quantitative estimate of drug-likeness (QED) is 0.641. The van der Waals surface area contributed by atoms with Crippen LogP contribution >= 0.6 is 0 Å². The van der Waals surface area contributed by atoms with Crippen molar-refractivity contribution in [2.45, 2.75) is 43.6 Å². The van der Waals surface area contributed by atoms with Gasteiger partial charge >= 0.3 is 0 Å². The van der Waals surface area contributed by atoms with E-state index in [2.05, 4.69) is 10.9 Å². The van der Waals surface area contributed by atoms with Gasteiger partial charge in [-0.15, -0.1) is 0 Å². The van der Waals surface area contributed by atoms with E-state index in [1.807, 2.05) is 0 Å². The van der Waals surface area contributed by atoms with Crippen molar-refractivity contribution in [3.05, 3.63) is 59.9 Å². The number of hydrogen-bond donors (Lipinski definition) is 2. The van der Waals surface area contributed by atoms with Crippen LogP contribution in [0.1, 0.15) is 43.0 Å². The fraction of sp³-hybridized carbons (Fsp3) is 0.364. The van der Waals surface area contributed by atoms with Crippen LogP contribution in [0.3, 0.4) is 0 Å². The van der Waals surface area contributed by atoms with E-state index in [-0.39, 0.29) is 10.5 Å². The van der Waals surface area contributed by atoms with Crippen molar-refractivity contribution < 1.29 is 27.1 Å². The van der Waals surface area contributed by atoms with Gasteiger partial charge in [0.2, 0.25) is 10.0 Å². The number of carbonyl (C=O) groups excluding carboxylic acids is 2. The van der Waals surface area contributed by atoms with Gasteiger partial charge in [-0.25, -0.2) is 12.8 Å². The van der Waals surface area contributed by atoms with Crippen LogP contribution in [0, 0.1) is 5.82 Å². The van der Waals surface area contributed by atoms with Crippen LogP contribution in [0.5, 0.6) is 5.75 Å². The summed E-state index contributed by atoms with van der Waals surface area (Å²) in [6.07, 6.45) is 2.65. The van der Waals surface area contributed by atoms with Crippen LogP contribution in [0.4, 0.5) is 4.39 Å². The predicted octanol–water partition coefficient (Wildman–Crippen LogP) is 2.62. The van der Waals surface area contributed by atoms with Crippen LogP contribution in [0.2, 0.25) is 0 Å². The molecule has 2 aromatic rings. The molecule has 1 heterocycles. The third-order valence-corrected chi connectivity index (χ3v) is 6.99. The minimum Gasteiger partial charge on any atom is -0.481 e. The van der Waals surface area contributed by atoms with Crippen molar-refractivity contribution >= 4 is 21.8 Å². The third-order valence-electron chi connectivity index (χ3n) is 5.09. The standard InChI is InChI=1S/C22H26FN3O5S/c1-16(31-19-11-9-18(23)10-12-19)21(27)24-25-22(28)17-7-6-8-20(15-17)32(29,30)26-13-4-2-3-5-14-26/h6-12,15-16H,2-5,13-14H2,1H3,(H,24,27)(H,25,28). The summed E-state index contributed by atoms with van der Waals surface area (Å²) in [5, 5.41) is 0. The van der Waals surface area contributed by atoms with Crippen molar-refractivity contribution in [3.8, 4) is 5.75 Å². The monoisotopic (exact) mass is 463 g/mol. The minimum absolute atomic E-state index is 0.0337. The van der Waals surface area contributed by atoms with E-state index in [1.54, 1.807) is 0 Å². The van der Waals surface area contributed by atoms with Crippen molar-refractivity contribution in [2.24, 2.45) is 0 Å². The first-order valence-corrected chi connectivity index (χ1v) is 11.8. The molecule has 1 fully saturated rings. The fourth-order valence-electron chi connectivity index (χ4n) is 3.29. The van der Waals surface area contributed by atoms with Crippen molar-refractivity contribution in [1.29, 1.82) is 0 Å².